The Kier molecular flexibility index (Phi) is 6.37. The van der Waals surface area contributed by atoms with E-state index in [1.165, 1.54) is 35.1 Å². The zero-order valence-electron chi connectivity index (χ0n) is 20.0. The molecular weight excluding hydrogens is 396 g/mol. The molecule has 1 aliphatic rings. The lowest BCUT2D eigenvalue weighted by atomic mass is 9.60. The number of fused-ring (bicyclic) bond motifs is 1. The molecule has 2 aromatic rings. The Labute approximate surface area is 192 Å². The largest absolute Gasteiger partial charge is 0.369 e. The van der Waals surface area contributed by atoms with Crippen LogP contribution in [0.25, 0.3) is 5.57 Å². The Hall–Kier alpha value is -2.88. The van der Waals surface area contributed by atoms with Gasteiger partial charge >= 0.3 is 0 Å². The van der Waals surface area contributed by atoms with Crippen LogP contribution in [-0.4, -0.2) is 11.8 Å². The van der Waals surface area contributed by atoms with Crippen LogP contribution in [0.4, 0.5) is 0 Å². The van der Waals surface area contributed by atoms with E-state index >= 15 is 0 Å². The van der Waals surface area contributed by atoms with Gasteiger partial charge < -0.3 is 11.5 Å². The summed E-state index contributed by atoms with van der Waals surface area (Å²) >= 11 is 0. The zero-order valence-corrected chi connectivity index (χ0v) is 20.0. The van der Waals surface area contributed by atoms with Crippen molar-refractivity contribution < 1.29 is 9.59 Å². The SMILES string of the molecule is C=C(c1ccc(CC(C(N)=O)C(N)=O)cc1)c1cc2c(cc1C)C(C)(C)CCC2(C)CC. The lowest BCUT2D eigenvalue weighted by Gasteiger charge is -2.44. The lowest BCUT2D eigenvalue weighted by Crippen LogP contribution is -2.36. The maximum atomic E-state index is 11.5. The van der Waals surface area contributed by atoms with E-state index in [2.05, 4.69) is 53.3 Å². The molecule has 1 atom stereocenters. The normalized spacial score (nSPS) is 19.4. The molecule has 4 heteroatoms. The number of hydrogen-bond acceptors (Lipinski definition) is 2. The van der Waals surface area contributed by atoms with Gasteiger partial charge in [-0.15, -0.1) is 0 Å². The van der Waals surface area contributed by atoms with Gasteiger partial charge in [-0.1, -0.05) is 70.7 Å². The Morgan fingerprint density at radius 1 is 1.00 bits per heavy atom. The van der Waals surface area contributed by atoms with Crippen molar-refractivity contribution in [1.82, 2.24) is 0 Å². The second kappa shape index (κ2) is 8.57. The van der Waals surface area contributed by atoms with E-state index in [0.717, 1.165) is 23.1 Å². The summed E-state index contributed by atoms with van der Waals surface area (Å²) in [6.07, 6.45) is 3.71. The number of rotatable bonds is 7. The molecular formula is C28H36N2O2. The molecule has 1 aliphatic carbocycles. The molecule has 4 N–H and O–H groups in total. The fraction of sp³-hybridized carbons (Fsp3) is 0.429. The summed E-state index contributed by atoms with van der Waals surface area (Å²) in [5, 5.41) is 0. The predicted octanol–water partition coefficient (Wildman–Crippen LogP) is 4.92. The smallest absolute Gasteiger partial charge is 0.230 e. The van der Waals surface area contributed by atoms with Gasteiger partial charge in [-0.25, -0.2) is 0 Å². The highest BCUT2D eigenvalue weighted by molar-refractivity contribution is 5.99. The summed E-state index contributed by atoms with van der Waals surface area (Å²) in [5.74, 6) is -2.39. The van der Waals surface area contributed by atoms with Crippen LogP contribution in [0.15, 0.2) is 43.0 Å². The molecule has 0 aromatic heterocycles. The Morgan fingerprint density at radius 2 is 1.59 bits per heavy atom. The third kappa shape index (κ3) is 4.36. The van der Waals surface area contributed by atoms with E-state index in [1.54, 1.807) is 0 Å². The predicted molar refractivity (Wildman–Crippen MR) is 131 cm³/mol. The van der Waals surface area contributed by atoms with Gasteiger partial charge in [-0.2, -0.15) is 0 Å². The van der Waals surface area contributed by atoms with Crippen LogP contribution in [0.3, 0.4) is 0 Å². The number of amides is 2. The van der Waals surface area contributed by atoms with Crippen molar-refractivity contribution in [2.75, 3.05) is 0 Å². The number of benzene rings is 2. The number of carbonyl (C=O) groups excluding carboxylic acids is 2. The van der Waals surface area contributed by atoms with E-state index in [-0.39, 0.29) is 17.3 Å². The van der Waals surface area contributed by atoms with Gasteiger partial charge in [0.1, 0.15) is 5.92 Å². The zero-order chi connectivity index (χ0) is 23.8. The molecule has 32 heavy (non-hydrogen) atoms. The van der Waals surface area contributed by atoms with Crippen molar-refractivity contribution in [3.05, 3.63) is 76.4 Å². The number of hydrogen-bond donors (Lipinski definition) is 2. The van der Waals surface area contributed by atoms with Gasteiger partial charge in [-0.3, -0.25) is 9.59 Å². The van der Waals surface area contributed by atoms with Crippen molar-refractivity contribution in [2.24, 2.45) is 17.4 Å². The highest BCUT2D eigenvalue weighted by Crippen LogP contribution is 2.49. The molecule has 1 unspecified atom stereocenters. The monoisotopic (exact) mass is 432 g/mol. The molecule has 3 rings (SSSR count). The van der Waals surface area contributed by atoms with Crippen LogP contribution in [-0.2, 0) is 26.8 Å². The molecule has 4 nitrogen and oxygen atoms in total. The van der Waals surface area contributed by atoms with Gasteiger partial charge in [0.25, 0.3) is 0 Å². The van der Waals surface area contributed by atoms with Crippen LogP contribution in [0.5, 0.6) is 0 Å². The quantitative estimate of drug-likeness (QED) is 0.608. The first kappa shape index (κ1) is 23.8. The summed E-state index contributed by atoms with van der Waals surface area (Å²) in [6, 6.07) is 12.5. The highest BCUT2D eigenvalue weighted by atomic mass is 16.2. The standard InChI is InChI=1S/C28H36N2O2/c1-7-28(6)13-12-27(4,5)23-14-17(2)21(16-24(23)28)18(3)20-10-8-19(9-11-20)15-22(25(29)31)26(30)32/h8-11,14,16,22H,3,7,12-13,15H2,1-2,4-6H3,(H2,29,31)(H2,30,32). The van der Waals surface area contributed by atoms with Gasteiger partial charge in [0.05, 0.1) is 0 Å². The van der Waals surface area contributed by atoms with Gasteiger partial charge in [0.15, 0.2) is 0 Å². The lowest BCUT2D eigenvalue weighted by molar-refractivity contribution is -0.131. The van der Waals surface area contributed by atoms with E-state index in [0.29, 0.717) is 0 Å². The average molecular weight is 433 g/mol. The molecule has 0 saturated carbocycles. The maximum Gasteiger partial charge on any atom is 0.230 e. The Morgan fingerprint density at radius 3 is 2.12 bits per heavy atom. The molecule has 0 radical (unpaired) electrons. The van der Waals surface area contributed by atoms with Gasteiger partial charge in [0.2, 0.25) is 11.8 Å². The fourth-order valence-corrected chi connectivity index (χ4v) is 4.89. The van der Waals surface area contributed by atoms with Crippen LogP contribution in [0, 0.1) is 12.8 Å². The van der Waals surface area contributed by atoms with E-state index in [1.807, 2.05) is 24.3 Å². The number of aryl methyl sites for hydroxylation is 1. The average Bonchev–Trinajstić information content (AvgIpc) is 2.74. The second-order valence-corrected chi connectivity index (χ2v) is 10.2. The van der Waals surface area contributed by atoms with Crippen LogP contribution < -0.4 is 11.5 Å². The highest BCUT2D eigenvalue weighted by Gasteiger charge is 2.39. The van der Waals surface area contributed by atoms with Crippen molar-refractivity contribution in [3.8, 4) is 0 Å². The molecule has 0 fully saturated rings. The summed E-state index contributed by atoms with van der Waals surface area (Å²) in [7, 11) is 0. The molecule has 170 valence electrons. The van der Waals surface area contributed by atoms with Crippen molar-refractivity contribution in [1.29, 1.82) is 0 Å². The van der Waals surface area contributed by atoms with Gasteiger partial charge in [0, 0.05) is 0 Å². The van der Waals surface area contributed by atoms with Gasteiger partial charge in [-0.05, 0) is 82.4 Å². The minimum absolute atomic E-state index is 0.174. The molecule has 2 amide bonds. The number of primary amides is 2. The van der Waals surface area contributed by atoms with Crippen LogP contribution in [0.1, 0.15) is 80.3 Å². The summed E-state index contributed by atoms with van der Waals surface area (Å²) in [5.41, 5.74) is 19.1. The topological polar surface area (TPSA) is 86.2 Å². The molecule has 0 aliphatic heterocycles. The first-order valence-corrected chi connectivity index (χ1v) is 11.4. The van der Waals surface area contributed by atoms with E-state index < -0.39 is 17.7 Å². The van der Waals surface area contributed by atoms with Crippen LogP contribution in [0.2, 0.25) is 0 Å². The minimum Gasteiger partial charge on any atom is -0.369 e. The van der Waals surface area contributed by atoms with Crippen LogP contribution >= 0.6 is 0 Å². The number of nitrogens with two attached hydrogens (primary N) is 2. The molecule has 0 saturated heterocycles. The Bertz CT molecular complexity index is 1050. The summed E-state index contributed by atoms with van der Waals surface area (Å²) in [6.45, 7) is 15.9. The first-order valence-electron chi connectivity index (χ1n) is 11.4. The summed E-state index contributed by atoms with van der Waals surface area (Å²) < 4.78 is 0. The Balaban J connectivity index is 1.96. The van der Waals surface area contributed by atoms with E-state index in [9.17, 15) is 9.59 Å². The van der Waals surface area contributed by atoms with Crippen molar-refractivity contribution in [3.63, 3.8) is 0 Å². The first-order chi connectivity index (χ1) is 14.9. The molecule has 0 bridgehead atoms. The maximum absolute atomic E-state index is 11.5. The molecule has 0 heterocycles. The summed E-state index contributed by atoms with van der Waals surface area (Å²) in [4.78, 5) is 23.0. The minimum atomic E-state index is -0.998. The third-order valence-electron chi connectivity index (χ3n) is 7.58. The van der Waals surface area contributed by atoms with Crippen molar-refractivity contribution >= 4 is 17.4 Å². The van der Waals surface area contributed by atoms with Crippen molar-refractivity contribution in [2.45, 2.75) is 71.1 Å². The second-order valence-electron chi connectivity index (χ2n) is 10.2. The molecule has 2 aromatic carbocycles. The molecule has 0 spiro atoms. The van der Waals surface area contributed by atoms with E-state index in [4.69, 9.17) is 11.5 Å². The fourth-order valence-electron chi connectivity index (χ4n) is 4.89. The third-order valence-corrected chi connectivity index (χ3v) is 7.58. The number of carbonyl (C=O) groups is 2.